The third kappa shape index (κ3) is 3.48. The molecule has 3 nitrogen and oxygen atoms in total. The Morgan fingerprint density at radius 3 is 2.63 bits per heavy atom. The van der Waals surface area contributed by atoms with Gasteiger partial charge in [-0.05, 0) is 44.5 Å². The Morgan fingerprint density at radius 2 is 2.05 bits per heavy atom. The molecule has 0 aromatic heterocycles. The SMILES string of the molecule is COc1ccc(C(C)N)cc1CN(C)C1CCCC1. The summed E-state index contributed by atoms with van der Waals surface area (Å²) in [5.74, 6) is 0.967. The molecule has 1 aliphatic rings. The van der Waals surface area contributed by atoms with Crippen LogP contribution < -0.4 is 10.5 Å². The topological polar surface area (TPSA) is 38.5 Å². The third-order valence-corrected chi connectivity index (χ3v) is 4.20. The molecule has 3 heteroatoms. The van der Waals surface area contributed by atoms with Crippen LogP contribution in [0.5, 0.6) is 5.75 Å². The van der Waals surface area contributed by atoms with E-state index in [9.17, 15) is 0 Å². The second kappa shape index (κ2) is 6.40. The highest BCUT2D eigenvalue weighted by Crippen LogP contribution is 2.27. The lowest BCUT2D eigenvalue weighted by atomic mass is 10.0. The molecular weight excluding hydrogens is 236 g/mol. The molecule has 1 saturated carbocycles. The molecule has 2 N–H and O–H groups in total. The van der Waals surface area contributed by atoms with E-state index in [0.29, 0.717) is 0 Å². The first-order valence-electron chi connectivity index (χ1n) is 7.24. The Kier molecular flexibility index (Phi) is 4.83. The van der Waals surface area contributed by atoms with Gasteiger partial charge in [0.15, 0.2) is 0 Å². The largest absolute Gasteiger partial charge is 0.496 e. The Bertz CT molecular complexity index is 411. The number of nitrogens with two attached hydrogens (primary N) is 1. The third-order valence-electron chi connectivity index (χ3n) is 4.20. The standard InChI is InChI=1S/C16H26N2O/c1-12(17)13-8-9-16(19-3)14(10-13)11-18(2)15-6-4-5-7-15/h8-10,12,15H,4-7,11,17H2,1-3H3. The minimum absolute atomic E-state index is 0.0708. The van der Waals surface area contributed by atoms with Crippen molar-refractivity contribution >= 4 is 0 Å². The highest BCUT2D eigenvalue weighted by atomic mass is 16.5. The quantitative estimate of drug-likeness (QED) is 0.886. The maximum Gasteiger partial charge on any atom is 0.123 e. The predicted octanol–water partition coefficient (Wildman–Crippen LogP) is 3.09. The molecule has 2 rings (SSSR count). The van der Waals surface area contributed by atoms with E-state index in [1.807, 2.05) is 13.0 Å². The molecule has 0 radical (unpaired) electrons. The molecule has 0 bridgehead atoms. The van der Waals surface area contributed by atoms with Crippen molar-refractivity contribution in [1.29, 1.82) is 0 Å². The van der Waals surface area contributed by atoms with Gasteiger partial charge in [-0.25, -0.2) is 0 Å². The van der Waals surface area contributed by atoms with Crippen LogP contribution in [0.2, 0.25) is 0 Å². The molecule has 1 fully saturated rings. The van der Waals surface area contributed by atoms with Crippen LogP contribution in [-0.4, -0.2) is 25.1 Å². The van der Waals surface area contributed by atoms with Crippen LogP contribution in [-0.2, 0) is 6.54 Å². The minimum Gasteiger partial charge on any atom is -0.496 e. The molecule has 0 spiro atoms. The lowest BCUT2D eigenvalue weighted by molar-refractivity contribution is 0.234. The number of ether oxygens (including phenoxy) is 1. The number of hydrogen-bond acceptors (Lipinski definition) is 3. The lowest BCUT2D eigenvalue weighted by Gasteiger charge is -2.25. The van der Waals surface area contributed by atoms with E-state index < -0.39 is 0 Å². The van der Waals surface area contributed by atoms with Crippen LogP contribution in [0, 0.1) is 0 Å². The molecule has 0 saturated heterocycles. The van der Waals surface area contributed by atoms with Gasteiger partial charge >= 0.3 is 0 Å². The average Bonchev–Trinajstić information content (AvgIpc) is 2.92. The van der Waals surface area contributed by atoms with Gasteiger partial charge in [0.25, 0.3) is 0 Å². The monoisotopic (exact) mass is 262 g/mol. The average molecular weight is 262 g/mol. The second-order valence-corrected chi connectivity index (χ2v) is 5.71. The summed E-state index contributed by atoms with van der Waals surface area (Å²) in [6, 6.07) is 7.08. The van der Waals surface area contributed by atoms with Crippen LogP contribution in [0.15, 0.2) is 18.2 Å². The van der Waals surface area contributed by atoms with E-state index in [2.05, 4.69) is 24.1 Å². The Hall–Kier alpha value is -1.06. The fraction of sp³-hybridized carbons (Fsp3) is 0.625. The van der Waals surface area contributed by atoms with Crippen molar-refractivity contribution in [3.05, 3.63) is 29.3 Å². The number of hydrogen-bond donors (Lipinski definition) is 1. The van der Waals surface area contributed by atoms with Crippen molar-refractivity contribution in [2.45, 2.75) is 51.2 Å². The summed E-state index contributed by atoms with van der Waals surface area (Å²) < 4.78 is 5.48. The maximum atomic E-state index is 5.97. The van der Waals surface area contributed by atoms with Crippen molar-refractivity contribution in [2.75, 3.05) is 14.2 Å². The van der Waals surface area contributed by atoms with Gasteiger partial charge in [0.1, 0.15) is 5.75 Å². The van der Waals surface area contributed by atoms with Gasteiger partial charge in [0, 0.05) is 24.2 Å². The van der Waals surface area contributed by atoms with Crippen molar-refractivity contribution in [1.82, 2.24) is 4.90 Å². The highest BCUT2D eigenvalue weighted by molar-refractivity contribution is 5.38. The van der Waals surface area contributed by atoms with Gasteiger partial charge in [-0.15, -0.1) is 0 Å². The molecule has 1 atom stereocenters. The summed E-state index contributed by atoms with van der Waals surface area (Å²) in [5.41, 5.74) is 8.39. The molecule has 106 valence electrons. The Morgan fingerprint density at radius 1 is 1.37 bits per heavy atom. The molecule has 0 heterocycles. The summed E-state index contributed by atoms with van der Waals surface area (Å²) in [7, 11) is 3.95. The zero-order valence-electron chi connectivity index (χ0n) is 12.4. The summed E-state index contributed by atoms with van der Waals surface area (Å²) in [6.45, 7) is 2.96. The number of nitrogens with zero attached hydrogens (tertiary/aromatic N) is 1. The van der Waals surface area contributed by atoms with E-state index in [-0.39, 0.29) is 6.04 Å². The molecular formula is C16H26N2O. The fourth-order valence-corrected chi connectivity index (χ4v) is 2.95. The molecule has 0 aliphatic heterocycles. The van der Waals surface area contributed by atoms with Crippen molar-refractivity contribution < 1.29 is 4.74 Å². The van der Waals surface area contributed by atoms with Crippen molar-refractivity contribution in [3.8, 4) is 5.75 Å². The van der Waals surface area contributed by atoms with E-state index in [1.54, 1.807) is 7.11 Å². The van der Waals surface area contributed by atoms with Gasteiger partial charge < -0.3 is 10.5 Å². The summed E-state index contributed by atoms with van der Waals surface area (Å²) in [6.07, 6.45) is 5.38. The summed E-state index contributed by atoms with van der Waals surface area (Å²) in [4.78, 5) is 2.45. The van der Waals surface area contributed by atoms with Gasteiger partial charge in [-0.1, -0.05) is 18.9 Å². The predicted molar refractivity (Wildman–Crippen MR) is 79.3 cm³/mol. The smallest absolute Gasteiger partial charge is 0.123 e. The molecule has 1 aromatic carbocycles. The van der Waals surface area contributed by atoms with Gasteiger partial charge in [-0.3, -0.25) is 4.90 Å². The van der Waals surface area contributed by atoms with E-state index >= 15 is 0 Å². The van der Waals surface area contributed by atoms with Gasteiger partial charge in [0.05, 0.1) is 7.11 Å². The first-order valence-corrected chi connectivity index (χ1v) is 7.24. The summed E-state index contributed by atoms with van der Waals surface area (Å²) in [5, 5.41) is 0. The van der Waals surface area contributed by atoms with E-state index in [0.717, 1.165) is 18.3 Å². The maximum absolute atomic E-state index is 5.97. The van der Waals surface area contributed by atoms with Crippen LogP contribution in [0.1, 0.15) is 49.8 Å². The number of rotatable bonds is 5. The van der Waals surface area contributed by atoms with Gasteiger partial charge in [0.2, 0.25) is 0 Å². The number of methoxy groups -OCH3 is 1. The van der Waals surface area contributed by atoms with Crippen molar-refractivity contribution in [3.63, 3.8) is 0 Å². The zero-order chi connectivity index (χ0) is 13.8. The Balaban J connectivity index is 2.14. The molecule has 1 aliphatic carbocycles. The first-order chi connectivity index (χ1) is 9.11. The normalized spacial score (nSPS) is 17.9. The van der Waals surface area contributed by atoms with Crippen LogP contribution >= 0.6 is 0 Å². The first kappa shape index (κ1) is 14.4. The Labute approximate surface area is 116 Å². The molecule has 1 unspecified atom stereocenters. The summed E-state index contributed by atoms with van der Waals surface area (Å²) >= 11 is 0. The zero-order valence-corrected chi connectivity index (χ0v) is 12.4. The van der Waals surface area contributed by atoms with Crippen LogP contribution in [0.25, 0.3) is 0 Å². The van der Waals surface area contributed by atoms with Gasteiger partial charge in [-0.2, -0.15) is 0 Å². The molecule has 1 aromatic rings. The second-order valence-electron chi connectivity index (χ2n) is 5.71. The number of benzene rings is 1. The van der Waals surface area contributed by atoms with Crippen LogP contribution in [0.3, 0.4) is 0 Å². The van der Waals surface area contributed by atoms with E-state index in [1.165, 1.54) is 36.8 Å². The fourth-order valence-electron chi connectivity index (χ4n) is 2.95. The lowest BCUT2D eigenvalue weighted by Crippen LogP contribution is -2.28. The van der Waals surface area contributed by atoms with Crippen molar-refractivity contribution in [2.24, 2.45) is 5.73 Å². The van der Waals surface area contributed by atoms with Crippen LogP contribution in [0.4, 0.5) is 0 Å². The molecule has 0 amide bonds. The van der Waals surface area contributed by atoms with E-state index in [4.69, 9.17) is 10.5 Å². The minimum atomic E-state index is 0.0708. The molecule has 19 heavy (non-hydrogen) atoms. The highest BCUT2D eigenvalue weighted by Gasteiger charge is 2.20.